The minimum Gasteiger partial charge on any atom is -0.464 e. The first kappa shape index (κ1) is 16.6. The molecule has 1 aliphatic heterocycles. The molecule has 0 saturated carbocycles. The van der Waals surface area contributed by atoms with Crippen LogP contribution in [0.25, 0.3) is 0 Å². The number of ether oxygens (including phenoxy) is 1. The van der Waals surface area contributed by atoms with E-state index in [1.807, 2.05) is 0 Å². The SMILES string of the molecule is COC(=O)C1=C(C(=O)c2ccco2)[C@@H](c2ccc(F)cc2)n2nnnc2N1. The molecular weight excluding hydrogens is 357 g/mol. The van der Waals surface area contributed by atoms with Gasteiger partial charge in [0.1, 0.15) is 17.6 Å². The topological polar surface area (TPSA) is 112 Å². The first-order valence-corrected chi connectivity index (χ1v) is 7.81. The number of aromatic nitrogens is 4. The number of methoxy groups -OCH3 is 1. The molecule has 1 aromatic carbocycles. The van der Waals surface area contributed by atoms with Gasteiger partial charge in [0.25, 0.3) is 0 Å². The summed E-state index contributed by atoms with van der Waals surface area (Å²) in [6.07, 6.45) is 1.34. The van der Waals surface area contributed by atoms with Crippen molar-refractivity contribution in [2.45, 2.75) is 6.04 Å². The van der Waals surface area contributed by atoms with Gasteiger partial charge in [0.15, 0.2) is 5.76 Å². The summed E-state index contributed by atoms with van der Waals surface area (Å²) in [4.78, 5) is 25.5. The molecule has 1 atom stereocenters. The molecule has 3 aromatic rings. The van der Waals surface area contributed by atoms with Crippen molar-refractivity contribution in [3.8, 4) is 0 Å². The lowest BCUT2D eigenvalue weighted by Crippen LogP contribution is -2.32. The van der Waals surface area contributed by atoms with Crippen LogP contribution < -0.4 is 5.32 Å². The number of Topliss-reactive ketones (excluding diaryl/α,β-unsaturated/α-hetero) is 1. The number of carbonyl (C=O) groups excluding carboxylic acids is 2. The molecule has 0 fully saturated rings. The van der Waals surface area contributed by atoms with Crippen molar-refractivity contribution in [2.24, 2.45) is 0 Å². The van der Waals surface area contributed by atoms with Crippen LogP contribution in [-0.2, 0) is 9.53 Å². The highest BCUT2D eigenvalue weighted by Crippen LogP contribution is 2.36. The van der Waals surface area contributed by atoms with Crippen molar-refractivity contribution >= 4 is 17.7 Å². The van der Waals surface area contributed by atoms with Gasteiger partial charge in [-0.1, -0.05) is 17.2 Å². The fraction of sp³-hybridized carbons (Fsp3) is 0.118. The number of nitrogens with one attached hydrogen (secondary N) is 1. The number of benzene rings is 1. The van der Waals surface area contributed by atoms with Crippen LogP contribution in [0.3, 0.4) is 0 Å². The number of anilines is 1. The number of carbonyl (C=O) groups is 2. The smallest absolute Gasteiger partial charge is 0.355 e. The number of rotatable bonds is 4. The Balaban J connectivity index is 1.95. The second kappa shape index (κ2) is 6.48. The molecule has 0 amide bonds. The van der Waals surface area contributed by atoms with E-state index in [-0.39, 0.29) is 23.0 Å². The van der Waals surface area contributed by atoms with Crippen LogP contribution in [0, 0.1) is 5.82 Å². The summed E-state index contributed by atoms with van der Waals surface area (Å²) >= 11 is 0. The van der Waals surface area contributed by atoms with Crippen molar-refractivity contribution in [1.29, 1.82) is 0 Å². The third-order valence-corrected chi connectivity index (χ3v) is 4.08. The van der Waals surface area contributed by atoms with Crippen LogP contribution in [-0.4, -0.2) is 39.1 Å². The number of halogens is 1. The lowest BCUT2D eigenvalue weighted by molar-refractivity contribution is -0.136. The summed E-state index contributed by atoms with van der Waals surface area (Å²) < 4.78 is 24.7. The summed E-state index contributed by atoms with van der Waals surface area (Å²) in [7, 11) is 1.19. The first-order valence-electron chi connectivity index (χ1n) is 7.81. The van der Waals surface area contributed by atoms with Crippen molar-refractivity contribution in [3.63, 3.8) is 0 Å². The molecule has 0 spiro atoms. The highest BCUT2D eigenvalue weighted by molar-refractivity contribution is 6.13. The molecule has 0 saturated heterocycles. The van der Waals surface area contributed by atoms with E-state index in [2.05, 4.69) is 20.8 Å². The molecule has 0 aliphatic carbocycles. The van der Waals surface area contributed by atoms with Gasteiger partial charge in [-0.05, 0) is 40.3 Å². The van der Waals surface area contributed by atoms with E-state index in [1.54, 1.807) is 6.07 Å². The second-order valence-corrected chi connectivity index (χ2v) is 5.61. The third-order valence-electron chi connectivity index (χ3n) is 4.08. The Kier molecular flexibility index (Phi) is 3.99. The quantitative estimate of drug-likeness (QED) is 0.547. The van der Waals surface area contributed by atoms with E-state index in [9.17, 15) is 14.0 Å². The number of fused-ring (bicyclic) bond motifs is 1. The second-order valence-electron chi connectivity index (χ2n) is 5.61. The summed E-state index contributed by atoms with van der Waals surface area (Å²) in [6, 6.07) is 7.60. The molecular formula is C17H12FN5O4. The molecule has 1 N–H and O–H groups in total. The average Bonchev–Trinajstić information content (AvgIpc) is 3.37. The number of esters is 1. The molecule has 4 rings (SSSR count). The zero-order chi connectivity index (χ0) is 19.0. The number of hydrogen-bond acceptors (Lipinski definition) is 8. The Morgan fingerprint density at radius 3 is 2.70 bits per heavy atom. The highest BCUT2D eigenvalue weighted by atomic mass is 19.1. The predicted molar refractivity (Wildman–Crippen MR) is 88.1 cm³/mol. The predicted octanol–water partition coefficient (Wildman–Crippen LogP) is 1.73. The molecule has 9 nitrogen and oxygen atoms in total. The summed E-state index contributed by atoms with van der Waals surface area (Å²) in [5.74, 6) is -1.60. The van der Waals surface area contributed by atoms with Gasteiger partial charge in [-0.15, -0.1) is 0 Å². The molecule has 136 valence electrons. The zero-order valence-corrected chi connectivity index (χ0v) is 13.9. The number of nitrogens with zero attached hydrogens (tertiary/aromatic N) is 4. The van der Waals surface area contributed by atoms with Crippen LogP contribution in [0.2, 0.25) is 0 Å². The maximum atomic E-state index is 13.4. The Hall–Kier alpha value is -3.82. The molecule has 0 radical (unpaired) electrons. The van der Waals surface area contributed by atoms with Crippen LogP contribution in [0.5, 0.6) is 0 Å². The minimum atomic E-state index is -0.886. The fourth-order valence-corrected chi connectivity index (χ4v) is 2.88. The number of allylic oxidation sites excluding steroid dienone is 1. The number of tetrazole rings is 1. The van der Waals surface area contributed by atoms with E-state index in [0.29, 0.717) is 5.56 Å². The number of furan rings is 1. The van der Waals surface area contributed by atoms with Gasteiger partial charge >= 0.3 is 5.97 Å². The van der Waals surface area contributed by atoms with Gasteiger partial charge in [-0.2, -0.15) is 4.68 Å². The van der Waals surface area contributed by atoms with Crippen molar-refractivity contribution in [2.75, 3.05) is 12.4 Å². The van der Waals surface area contributed by atoms with Gasteiger partial charge in [-0.25, -0.2) is 9.18 Å². The van der Waals surface area contributed by atoms with Crippen molar-refractivity contribution in [3.05, 3.63) is 71.1 Å². The van der Waals surface area contributed by atoms with E-state index in [4.69, 9.17) is 9.15 Å². The van der Waals surface area contributed by atoms with E-state index in [0.717, 1.165) is 0 Å². The van der Waals surface area contributed by atoms with E-state index in [1.165, 1.54) is 48.4 Å². The standard InChI is InChI=1S/C17H12FN5O4/c1-26-16(25)13-12(15(24)11-3-2-8-27-11)14(9-4-6-10(18)7-5-9)23-17(19-13)20-21-22-23/h2-8,14H,1H3,(H,19,20,22)/t14-/m1/s1. The number of ketones is 1. The average molecular weight is 369 g/mol. The lowest BCUT2D eigenvalue weighted by Gasteiger charge is -2.27. The number of hydrogen-bond donors (Lipinski definition) is 1. The maximum absolute atomic E-state index is 13.4. The molecule has 1 aliphatic rings. The molecule has 27 heavy (non-hydrogen) atoms. The van der Waals surface area contributed by atoms with Gasteiger partial charge < -0.3 is 14.5 Å². The lowest BCUT2D eigenvalue weighted by atomic mass is 9.91. The monoisotopic (exact) mass is 369 g/mol. The Bertz CT molecular complexity index is 1040. The molecule has 2 aromatic heterocycles. The van der Waals surface area contributed by atoms with Gasteiger partial charge in [0.2, 0.25) is 11.7 Å². The van der Waals surface area contributed by atoms with Crippen LogP contribution in [0.4, 0.5) is 10.3 Å². The largest absolute Gasteiger partial charge is 0.464 e. The molecule has 3 heterocycles. The summed E-state index contributed by atoms with van der Waals surface area (Å²) in [5, 5.41) is 14.0. The first-order chi connectivity index (χ1) is 13.1. The Labute approximate surface area is 151 Å². The Morgan fingerprint density at radius 2 is 2.04 bits per heavy atom. The minimum absolute atomic E-state index is 0.0169. The molecule has 0 bridgehead atoms. The van der Waals surface area contributed by atoms with Crippen molar-refractivity contribution in [1.82, 2.24) is 20.2 Å². The van der Waals surface area contributed by atoms with Gasteiger partial charge in [-0.3, -0.25) is 4.79 Å². The summed E-state index contributed by atoms with van der Waals surface area (Å²) in [6.45, 7) is 0. The van der Waals surface area contributed by atoms with E-state index >= 15 is 0 Å². The third kappa shape index (κ3) is 2.76. The summed E-state index contributed by atoms with van der Waals surface area (Å²) in [5.41, 5.74) is 0.404. The van der Waals surface area contributed by atoms with Gasteiger partial charge in [0, 0.05) is 0 Å². The van der Waals surface area contributed by atoms with Crippen LogP contribution in [0.1, 0.15) is 22.2 Å². The zero-order valence-electron chi connectivity index (χ0n) is 13.9. The Morgan fingerprint density at radius 1 is 1.26 bits per heavy atom. The maximum Gasteiger partial charge on any atom is 0.355 e. The van der Waals surface area contributed by atoms with Crippen LogP contribution in [0.15, 0.2) is 58.3 Å². The fourth-order valence-electron chi connectivity index (χ4n) is 2.88. The molecule has 10 heteroatoms. The highest BCUT2D eigenvalue weighted by Gasteiger charge is 2.39. The molecule has 0 unspecified atom stereocenters. The normalized spacial score (nSPS) is 15.9. The van der Waals surface area contributed by atoms with Crippen LogP contribution >= 0.6 is 0 Å². The van der Waals surface area contributed by atoms with Crippen molar-refractivity contribution < 1.29 is 23.1 Å². The van der Waals surface area contributed by atoms with Gasteiger partial charge in [0.05, 0.1) is 18.9 Å². The van der Waals surface area contributed by atoms with E-state index < -0.39 is 23.6 Å².